The van der Waals surface area contributed by atoms with Crippen LogP contribution in [0.4, 0.5) is 5.13 Å². The molecule has 15 heavy (non-hydrogen) atoms. The molecule has 0 spiro atoms. The van der Waals surface area contributed by atoms with Gasteiger partial charge in [0.2, 0.25) is 0 Å². The quantitative estimate of drug-likeness (QED) is 0.841. The van der Waals surface area contributed by atoms with Gasteiger partial charge in [0.05, 0.1) is 11.8 Å². The number of hydrogen-bond donors (Lipinski definition) is 1. The predicted octanol–water partition coefficient (Wildman–Crippen LogP) is 2.36. The Bertz CT molecular complexity index is 348. The maximum absolute atomic E-state index is 9.82. The number of aromatic nitrogens is 1. The number of aryl methyl sites for hydroxylation is 1. The van der Waals surface area contributed by atoms with Crippen LogP contribution >= 0.6 is 11.3 Å². The number of thiazole rings is 1. The van der Waals surface area contributed by atoms with Crippen LogP contribution in [0.2, 0.25) is 0 Å². The molecule has 84 valence electrons. The summed E-state index contributed by atoms with van der Waals surface area (Å²) in [5.74, 6) is 0. The minimum atomic E-state index is -0.334. The van der Waals surface area contributed by atoms with E-state index in [9.17, 15) is 5.11 Å². The number of nitrogens with zero attached hydrogens (tertiary/aromatic N) is 2. The zero-order valence-corrected chi connectivity index (χ0v) is 10.3. The summed E-state index contributed by atoms with van der Waals surface area (Å²) in [6, 6.07) is 0.453. The molecule has 1 heterocycles. The van der Waals surface area contributed by atoms with E-state index in [-0.39, 0.29) is 6.10 Å². The standard InChI is InChI=1S/C11H18N2OS/c1-7(2)13(3)11-12-10-8(14)5-4-6-9(10)15-11/h7-8,14H,4-6H2,1-3H3. The molecule has 3 nitrogen and oxygen atoms in total. The van der Waals surface area contributed by atoms with Gasteiger partial charge < -0.3 is 10.0 Å². The van der Waals surface area contributed by atoms with Gasteiger partial charge in [-0.1, -0.05) is 0 Å². The van der Waals surface area contributed by atoms with E-state index in [2.05, 4.69) is 30.8 Å². The van der Waals surface area contributed by atoms with Gasteiger partial charge in [-0.05, 0) is 33.1 Å². The largest absolute Gasteiger partial charge is 0.387 e. The van der Waals surface area contributed by atoms with E-state index in [4.69, 9.17) is 0 Å². The van der Waals surface area contributed by atoms with E-state index in [1.165, 1.54) is 4.88 Å². The second-order valence-electron chi connectivity index (χ2n) is 4.42. The fourth-order valence-electron chi connectivity index (χ4n) is 1.75. The minimum Gasteiger partial charge on any atom is -0.387 e. The normalized spacial score (nSPS) is 20.5. The third kappa shape index (κ3) is 2.01. The molecule has 0 aromatic carbocycles. The molecule has 0 fully saturated rings. The molecule has 1 aromatic rings. The van der Waals surface area contributed by atoms with Crippen molar-refractivity contribution in [1.82, 2.24) is 4.98 Å². The molecule has 0 saturated heterocycles. The summed E-state index contributed by atoms with van der Waals surface area (Å²) in [5.41, 5.74) is 0.925. The molecule has 4 heteroatoms. The first-order valence-electron chi connectivity index (χ1n) is 5.50. The van der Waals surface area contributed by atoms with E-state index in [0.29, 0.717) is 6.04 Å². The van der Waals surface area contributed by atoms with Crippen LogP contribution in [0.5, 0.6) is 0 Å². The lowest BCUT2D eigenvalue weighted by Crippen LogP contribution is -2.25. The summed E-state index contributed by atoms with van der Waals surface area (Å²) >= 11 is 1.73. The first-order chi connectivity index (χ1) is 7.09. The molecule has 1 N–H and O–H groups in total. The lowest BCUT2D eigenvalue weighted by atomic mass is 10.0. The SMILES string of the molecule is CC(C)N(C)c1nc2c(s1)CCCC2O. The van der Waals surface area contributed by atoms with Gasteiger partial charge in [0.15, 0.2) is 5.13 Å². The molecular formula is C11H18N2OS. The number of aliphatic hydroxyl groups excluding tert-OH is 1. The lowest BCUT2D eigenvalue weighted by Gasteiger charge is -2.19. The molecule has 0 radical (unpaired) electrons. The fraction of sp³-hybridized carbons (Fsp3) is 0.727. The Morgan fingerprint density at radius 3 is 2.87 bits per heavy atom. The molecule has 1 aromatic heterocycles. The third-order valence-corrected chi connectivity index (χ3v) is 4.21. The Morgan fingerprint density at radius 1 is 1.53 bits per heavy atom. The summed E-state index contributed by atoms with van der Waals surface area (Å²) in [6.07, 6.45) is 2.69. The molecule has 1 aliphatic rings. The van der Waals surface area contributed by atoms with Crippen molar-refractivity contribution < 1.29 is 5.11 Å². The van der Waals surface area contributed by atoms with Crippen LogP contribution in [0.3, 0.4) is 0 Å². The van der Waals surface area contributed by atoms with Crippen molar-refractivity contribution in [2.45, 2.75) is 45.3 Å². The second-order valence-corrected chi connectivity index (χ2v) is 5.48. The van der Waals surface area contributed by atoms with Crippen LogP contribution < -0.4 is 4.90 Å². The minimum absolute atomic E-state index is 0.334. The summed E-state index contributed by atoms with van der Waals surface area (Å²) < 4.78 is 0. The fourth-order valence-corrected chi connectivity index (χ4v) is 3.01. The lowest BCUT2D eigenvalue weighted by molar-refractivity contribution is 0.153. The van der Waals surface area contributed by atoms with Crippen molar-refractivity contribution in [2.75, 3.05) is 11.9 Å². The molecule has 0 amide bonds. The van der Waals surface area contributed by atoms with Gasteiger partial charge in [0.25, 0.3) is 0 Å². The van der Waals surface area contributed by atoms with E-state index < -0.39 is 0 Å². The number of anilines is 1. The van der Waals surface area contributed by atoms with Gasteiger partial charge in [-0.2, -0.15) is 0 Å². The van der Waals surface area contributed by atoms with Gasteiger partial charge in [0, 0.05) is 18.0 Å². The zero-order valence-electron chi connectivity index (χ0n) is 9.53. The van der Waals surface area contributed by atoms with Crippen molar-refractivity contribution in [3.63, 3.8) is 0 Å². The molecule has 0 bridgehead atoms. The number of hydrogen-bond acceptors (Lipinski definition) is 4. The highest BCUT2D eigenvalue weighted by Gasteiger charge is 2.24. The number of rotatable bonds is 2. The van der Waals surface area contributed by atoms with Crippen LogP contribution in [0.25, 0.3) is 0 Å². The Labute approximate surface area is 94.8 Å². The summed E-state index contributed by atoms with van der Waals surface area (Å²) in [6.45, 7) is 4.30. The van der Waals surface area contributed by atoms with Crippen LogP contribution in [0, 0.1) is 0 Å². The Kier molecular flexibility index (Phi) is 2.98. The summed E-state index contributed by atoms with van der Waals surface area (Å²) in [4.78, 5) is 7.98. The predicted molar refractivity (Wildman–Crippen MR) is 63.6 cm³/mol. The van der Waals surface area contributed by atoms with E-state index in [0.717, 1.165) is 30.1 Å². The molecule has 0 aliphatic heterocycles. The van der Waals surface area contributed by atoms with E-state index >= 15 is 0 Å². The molecule has 2 rings (SSSR count). The molecule has 1 unspecified atom stereocenters. The highest BCUT2D eigenvalue weighted by molar-refractivity contribution is 7.15. The smallest absolute Gasteiger partial charge is 0.185 e. The van der Waals surface area contributed by atoms with Crippen molar-refractivity contribution in [1.29, 1.82) is 0 Å². The average Bonchev–Trinajstić information content (AvgIpc) is 2.61. The summed E-state index contributed by atoms with van der Waals surface area (Å²) in [7, 11) is 2.06. The average molecular weight is 226 g/mol. The van der Waals surface area contributed by atoms with Gasteiger partial charge in [-0.3, -0.25) is 0 Å². The van der Waals surface area contributed by atoms with Crippen LogP contribution in [-0.2, 0) is 6.42 Å². The Hall–Kier alpha value is -0.610. The van der Waals surface area contributed by atoms with E-state index in [1.807, 2.05) is 0 Å². The first-order valence-corrected chi connectivity index (χ1v) is 6.31. The monoisotopic (exact) mass is 226 g/mol. The highest BCUT2D eigenvalue weighted by Crippen LogP contribution is 2.36. The van der Waals surface area contributed by atoms with Gasteiger partial charge in [-0.15, -0.1) is 11.3 Å². The Morgan fingerprint density at radius 2 is 2.27 bits per heavy atom. The first kappa shape index (κ1) is 10.9. The van der Waals surface area contributed by atoms with Crippen LogP contribution in [0.15, 0.2) is 0 Å². The van der Waals surface area contributed by atoms with Gasteiger partial charge in [0.1, 0.15) is 0 Å². The molecule has 1 atom stereocenters. The molecular weight excluding hydrogens is 208 g/mol. The van der Waals surface area contributed by atoms with Crippen LogP contribution in [-0.4, -0.2) is 23.2 Å². The maximum Gasteiger partial charge on any atom is 0.185 e. The highest BCUT2D eigenvalue weighted by atomic mass is 32.1. The maximum atomic E-state index is 9.82. The van der Waals surface area contributed by atoms with Crippen molar-refractivity contribution in [2.24, 2.45) is 0 Å². The summed E-state index contributed by atoms with van der Waals surface area (Å²) in [5, 5.41) is 10.9. The van der Waals surface area contributed by atoms with Crippen molar-refractivity contribution >= 4 is 16.5 Å². The number of aliphatic hydroxyl groups is 1. The number of fused-ring (bicyclic) bond motifs is 1. The second kappa shape index (κ2) is 4.10. The topological polar surface area (TPSA) is 36.4 Å². The van der Waals surface area contributed by atoms with Crippen molar-refractivity contribution in [3.8, 4) is 0 Å². The third-order valence-electron chi connectivity index (χ3n) is 2.99. The van der Waals surface area contributed by atoms with Crippen LogP contribution in [0.1, 0.15) is 43.4 Å². The zero-order chi connectivity index (χ0) is 11.0. The molecule has 0 saturated carbocycles. The van der Waals surface area contributed by atoms with E-state index in [1.54, 1.807) is 11.3 Å². The molecule has 1 aliphatic carbocycles. The van der Waals surface area contributed by atoms with Crippen molar-refractivity contribution in [3.05, 3.63) is 10.6 Å². The van der Waals surface area contributed by atoms with Gasteiger partial charge in [-0.25, -0.2) is 4.98 Å². The Balaban J connectivity index is 2.29. The van der Waals surface area contributed by atoms with Gasteiger partial charge >= 0.3 is 0 Å².